The molecule has 5 nitrogen and oxygen atoms in total. The standard InChI is InChI=1S/C25H20F3N3O2S/c1-24(2,32)20-6-4-3-5-19(20)17-10-13-21-22(15-17)30-23(29-21)14-9-16-7-11-18(12-8-16)31-34(33)25(26,27)28/h3-8,10-13,15,31-32H,1-2H3,(H,29,30). The van der Waals surface area contributed by atoms with Crippen LogP contribution in [-0.4, -0.2) is 24.8 Å². The summed E-state index contributed by atoms with van der Waals surface area (Å²) in [5, 5.41) is 10.5. The van der Waals surface area contributed by atoms with Crippen LogP contribution in [0.15, 0.2) is 66.7 Å². The molecular weight excluding hydrogens is 463 g/mol. The number of imidazole rings is 1. The van der Waals surface area contributed by atoms with E-state index >= 15 is 0 Å². The molecule has 3 N–H and O–H groups in total. The van der Waals surface area contributed by atoms with Gasteiger partial charge in [0.15, 0.2) is 5.82 Å². The maximum atomic E-state index is 12.4. The van der Waals surface area contributed by atoms with Crippen LogP contribution in [0.25, 0.3) is 22.2 Å². The van der Waals surface area contributed by atoms with E-state index in [1.807, 2.05) is 47.2 Å². The lowest BCUT2D eigenvalue weighted by molar-refractivity contribution is -0.0379. The highest BCUT2D eigenvalue weighted by atomic mass is 32.2. The van der Waals surface area contributed by atoms with Gasteiger partial charge in [-0.2, -0.15) is 13.2 Å². The van der Waals surface area contributed by atoms with E-state index in [0.717, 1.165) is 27.7 Å². The molecule has 3 aromatic carbocycles. The second kappa shape index (κ2) is 8.97. The highest BCUT2D eigenvalue weighted by Crippen LogP contribution is 2.32. The topological polar surface area (TPSA) is 78.0 Å². The molecule has 34 heavy (non-hydrogen) atoms. The molecule has 0 aliphatic rings. The molecular formula is C25H20F3N3O2S. The number of benzene rings is 3. The minimum absolute atomic E-state index is 0.0730. The molecule has 0 aliphatic carbocycles. The first-order valence-corrected chi connectivity index (χ1v) is 11.3. The lowest BCUT2D eigenvalue weighted by Crippen LogP contribution is -2.22. The predicted octanol–water partition coefficient (Wildman–Crippen LogP) is 5.45. The molecule has 0 saturated carbocycles. The number of aliphatic hydroxyl groups is 1. The Bertz CT molecular complexity index is 1430. The summed E-state index contributed by atoms with van der Waals surface area (Å²) < 4.78 is 50.2. The van der Waals surface area contributed by atoms with Gasteiger partial charge in [0.1, 0.15) is 0 Å². The molecule has 0 saturated heterocycles. The molecule has 4 aromatic rings. The van der Waals surface area contributed by atoms with Crippen LogP contribution in [-0.2, 0) is 16.6 Å². The van der Waals surface area contributed by atoms with Gasteiger partial charge >= 0.3 is 5.51 Å². The molecule has 174 valence electrons. The molecule has 0 bridgehead atoms. The zero-order valence-electron chi connectivity index (χ0n) is 18.2. The lowest BCUT2D eigenvalue weighted by atomic mass is 9.89. The maximum absolute atomic E-state index is 12.4. The van der Waals surface area contributed by atoms with Crippen LogP contribution < -0.4 is 4.72 Å². The van der Waals surface area contributed by atoms with Crippen LogP contribution in [0.2, 0.25) is 0 Å². The Hall–Kier alpha value is -3.61. The average molecular weight is 484 g/mol. The second-order valence-corrected chi connectivity index (χ2v) is 9.27. The zero-order chi connectivity index (χ0) is 24.5. The van der Waals surface area contributed by atoms with E-state index in [0.29, 0.717) is 11.4 Å². The van der Waals surface area contributed by atoms with E-state index in [2.05, 4.69) is 21.8 Å². The molecule has 4 rings (SSSR count). The summed E-state index contributed by atoms with van der Waals surface area (Å²) in [6, 6.07) is 19.2. The lowest BCUT2D eigenvalue weighted by Gasteiger charge is -2.21. The average Bonchev–Trinajstić information content (AvgIpc) is 3.19. The summed E-state index contributed by atoms with van der Waals surface area (Å²) in [4.78, 5) is 7.63. The molecule has 1 heterocycles. The number of nitrogens with zero attached hydrogens (tertiary/aromatic N) is 1. The molecule has 0 radical (unpaired) electrons. The second-order valence-electron chi connectivity index (χ2n) is 8.07. The number of nitrogens with one attached hydrogen (secondary N) is 2. The number of fused-ring (bicyclic) bond motifs is 1. The third kappa shape index (κ3) is 5.30. The number of aromatic amines is 1. The number of H-pyrrole nitrogens is 1. The fraction of sp³-hybridized carbons (Fsp3) is 0.160. The molecule has 1 unspecified atom stereocenters. The van der Waals surface area contributed by atoms with Crippen molar-refractivity contribution in [3.63, 3.8) is 0 Å². The van der Waals surface area contributed by atoms with Gasteiger partial charge in [-0.1, -0.05) is 36.3 Å². The number of hydrogen-bond donors (Lipinski definition) is 3. The largest absolute Gasteiger partial charge is 0.490 e. The van der Waals surface area contributed by atoms with E-state index in [1.165, 1.54) is 24.3 Å². The highest BCUT2D eigenvalue weighted by molar-refractivity contribution is 7.87. The fourth-order valence-corrected chi connectivity index (χ4v) is 3.89. The summed E-state index contributed by atoms with van der Waals surface area (Å²) in [6.45, 7) is 3.49. The van der Waals surface area contributed by atoms with Gasteiger partial charge in [-0.3, -0.25) is 4.72 Å². The Morgan fingerprint density at radius 2 is 1.71 bits per heavy atom. The van der Waals surface area contributed by atoms with Crippen molar-refractivity contribution < 1.29 is 22.5 Å². The Kier molecular flexibility index (Phi) is 6.21. The van der Waals surface area contributed by atoms with Crippen molar-refractivity contribution in [1.29, 1.82) is 0 Å². The van der Waals surface area contributed by atoms with E-state index in [-0.39, 0.29) is 5.69 Å². The van der Waals surface area contributed by atoms with Crippen LogP contribution in [0.5, 0.6) is 0 Å². The summed E-state index contributed by atoms with van der Waals surface area (Å²) in [7, 11) is -3.17. The minimum atomic E-state index is -4.84. The van der Waals surface area contributed by atoms with Gasteiger partial charge in [0, 0.05) is 11.3 Å². The third-order valence-electron chi connectivity index (χ3n) is 5.01. The first-order valence-electron chi connectivity index (χ1n) is 10.2. The van der Waals surface area contributed by atoms with Gasteiger partial charge < -0.3 is 10.1 Å². The van der Waals surface area contributed by atoms with Crippen molar-refractivity contribution in [3.8, 4) is 23.0 Å². The first kappa shape index (κ1) is 23.5. The monoisotopic (exact) mass is 483 g/mol. The number of halogens is 3. The van der Waals surface area contributed by atoms with Crippen molar-refractivity contribution in [2.45, 2.75) is 25.0 Å². The van der Waals surface area contributed by atoms with E-state index < -0.39 is 22.1 Å². The van der Waals surface area contributed by atoms with Gasteiger partial charge in [0.2, 0.25) is 11.0 Å². The van der Waals surface area contributed by atoms with Crippen LogP contribution in [0, 0.1) is 11.8 Å². The van der Waals surface area contributed by atoms with Crippen LogP contribution in [0.4, 0.5) is 18.9 Å². The van der Waals surface area contributed by atoms with Gasteiger partial charge in [0.05, 0.1) is 16.6 Å². The SMILES string of the molecule is CC(C)(O)c1ccccc1-c1ccc2nc(C#Cc3ccc(NS(=O)C(F)(F)F)cc3)[nH]c2c1. The molecule has 0 amide bonds. The zero-order valence-corrected chi connectivity index (χ0v) is 19.0. The van der Waals surface area contributed by atoms with Crippen molar-refractivity contribution in [2.24, 2.45) is 0 Å². The van der Waals surface area contributed by atoms with Crippen LogP contribution in [0.3, 0.4) is 0 Å². The Morgan fingerprint density at radius 1 is 1.00 bits per heavy atom. The summed E-state index contributed by atoms with van der Waals surface area (Å²) in [5.41, 5.74) is -1.05. The van der Waals surface area contributed by atoms with Crippen molar-refractivity contribution in [2.75, 3.05) is 4.72 Å². The van der Waals surface area contributed by atoms with Gasteiger partial charge in [-0.25, -0.2) is 9.19 Å². The number of anilines is 1. The minimum Gasteiger partial charge on any atom is -0.386 e. The van der Waals surface area contributed by atoms with Gasteiger partial charge in [0.25, 0.3) is 0 Å². The fourth-order valence-electron chi connectivity index (χ4n) is 3.42. The van der Waals surface area contributed by atoms with Gasteiger partial charge in [-0.15, -0.1) is 0 Å². The van der Waals surface area contributed by atoms with E-state index in [4.69, 9.17) is 0 Å². The summed E-state index contributed by atoms with van der Waals surface area (Å²) in [6.07, 6.45) is 0. The summed E-state index contributed by atoms with van der Waals surface area (Å²) in [5.74, 6) is 6.25. The van der Waals surface area contributed by atoms with Crippen molar-refractivity contribution in [3.05, 3.63) is 83.7 Å². The first-order chi connectivity index (χ1) is 16.0. The Morgan fingerprint density at radius 3 is 2.38 bits per heavy atom. The molecule has 0 spiro atoms. The molecule has 9 heteroatoms. The van der Waals surface area contributed by atoms with E-state index in [9.17, 15) is 22.5 Å². The molecule has 1 atom stereocenters. The number of alkyl halides is 3. The Balaban J connectivity index is 1.56. The molecule has 1 aromatic heterocycles. The Labute approximate surface area is 196 Å². The third-order valence-corrected chi connectivity index (χ3v) is 5.85. The van der Waals surface area contributed by atoms with Crippen LogP contribution in [0.1, 0.15) is 30.8 Å². The number of aromatic nitrogens is 2. The van der Waals surface area contributed by atoms with Crippen LogP contribution >= 0.6 is 0 Å². The summed E-state index contributed by atoms with van der Waals surface area (Å²) >= 11 is 0. The smallest absolute Gasteiger partial charge is 0.386 e. The van der Waals surface area contributed by atoms with Crippen molar-refractivity contribution >= 4 is 27.7 Å². The highest BCUT2D eigenvalue weighted by Gasteiger charge is 2.37. The van der Waals surface area contributed by atoms with Gasteiger partial charge in [-0.05, 0) is 72.9 Å². The predicted molar refractivity (Wildman–Crippen MR) is 127 cm³/mol. The quantitative estimate of drug-likeness (QED) is 0.338. The number of hydrogen-bond acceptors (Lipinski definition) is 3. The van der Waals surface area contributed by atoms with Crippen molar-refractivity contribution in [1.82, 2.24) is 9.97 Å². The molecule has 0 fully saturated rings. The number of rotatable bonds is 4. The van der Waals surface area contributed by atoms with E-state index in [1.54, 1.807) is 13.8 Å². The normalized spacial score (nSPS) is 12.8. The maximum Gasteiger partial charge on any atom is 0.490 e. The molecule has 0 aliphatic heterocycles.